The summed E-state index contributed by atoms with van der Waals surface area (Å²) in [6.07, 6.45) is -11.1. The number of amides is 2. The maximum absolute atomic E-state index is 13.8. The van der Waals surface area contributed by atoms with Crippen LogP contribution < -0.4 is 10.6 Å². The van der Waals surface area contributed by atoms with Crippen molar-refractivity contribution in [2.24, 2.45) is 0 Å². The van der Waals surface area contributed by atoms with E-state index in [2.05, 4.69) is 15.3 Å². The molecule has 0 radical (unpaired) electrons. The molecule has 8 nitrogen and oxygen atoms in total. The molecule has 1 aliphatic rings. The van der Waals surface area contributed by atoms with Gasteiger partial charge in [0.2, 0.25) is 0 Å². The van der Waals surface area contributed by atoms with Crippen LogP contribution in [-0.4, -0.2) is 75.9 Å². The molecular formula is C23H26F7N5O3S. The van der Waals surface area contributed by atoms with Crippen molar-refractivity contribution >= 4 is 29.0 Å². The zero-order valence-electron chi connectivity index (χ0n) is 20.8. The van der Waals surface area contributed by atoms with Gasteiger partial charge in [0.05, 0.1) is 22.5 Å². The Morgan fingerprint density at radius 3 is 2.36 bits per heavy atom. The molecule has 0 aliphatic carbocycles. The lowest BCUT2D eigenvalue weighted by Crippen LogP contribution is -2.39. The van der Waals surface area contributed by atoms with E-state index >= 15 is 0 Å². The molecule has 39 heavy (non-hydrogen) atoms. The van der Waals surface area contributed by atoms with Gasteiger partial charge in [0.15, 0.2) is 5.01 Å². The fourth-order valence-corrected chi connectivity index (χ4v) is 4.55. The van der Waals surface area contributed by atoms with Crippen LogP contribution in [0.3, 0.4) is 0 Å². The molecule has 0 spiro atoms. The fraction of sp³-hybridized carbons (Fsp3) is 0.565. The van der Waals surface area contributed by atoms with Crippen molar-refractivity contribution in [3.05, 3.63) is 28.5 Å². The molecule has 1 saturated heterocycles. The van der Waals surface area contributed by atoms with Crippen molar-refractivity contribution in [3.63, 3.8) is 0 Å². The summed E-state index contributed by atoms with van der Waals surface area (Å²) >= 11 is 0.608. The van der Waals surface area contributed by atoms with E-state index in [4.69, 9.17) is 0 Å². The molecule has 0 aromatic carbocycles. The minimum absolute atomic E-state index is 0.0330. The fourth-order valence-electron chi connectivity index (χ4n) is 3.60. The molecule has 0 saturated carbocycles. The van der Waals surface area contributed by atoms with Gasteiger partial charge in [-0.15, -0.1) is 11.3 Å². The number of hydrogen-bond acceptors (Lipinski definition) is 7. The van der Waals surface area contributed by atoms with Crippen LogP contribution in [0.1, 0.15) is 59.0 Å². The number of pyridine rings is 1. The van der Waals surface area contributed by atoms with Crippen molar-refractivity contribution in [2.45, 2.75) is 57.2 Å². The number of carbonyl (C=O) groups is 2. The van der Waals surface area contributed by atoms with Crippen molar-refractivity contribution in [1.29, 1.82) is 0 Å². The molecule has 1 fully saturated rings. The van der Waals surface area contributed by atoms with Gasteiger partial charge in [0, 0.05) is 37.9 Å². The van der Waals surface area contributed by atoms with E-state index in [9.17, 15) is 45.4 Å². The third-order valence-electron chi connectivity index (χ3n) is 5.57. The summed E-state index contributed by atoms with van der Waals surface area (Å²) < 4.78 is 92.5. The lowest BCUT2D eigenvalue weighted by atomic mass is 10.1. The van der Waals surface area contributed by atoms with Gasteiger partial charge in [-0.2, -0.15) is 26.3 Å². The molecular weight excluding hydrogens is 559 g/mol. The Bertz CT molecular complexity index is 1190. The highest BCUT2D eigenvalue weighted by Crippen LogP contribution is 2.39. The van der Waals surface area contributed by atoms with Crippen LogP contribution in [-0.2, 0) is 6.18 Å². The van der Waals surface area contributed by atoms with Gasteiger partial charge in [-0.05, 0) is 32.8 Å². The monoisotopic (exact) mass is 585 g/mol. The first-order chi connectivity index (χ1) is 17.9. The number of alkyl halides is 7. The maximum atomic E-state index is 13.8. The van der Waals surface area contributed by atoms with Gasteiger partial charge in [-0.1, -0.05) is 0 Å². The van der Waals surface area contributed by atoms with E-state index in [-0.39, 0.29) is 53.6 Å². The molecule has 216 valence electrons. The predicted octanol–water partition coefficient (Wildman–Crippen LogP) is 4.66. The Kier molecular flexibility index (Phi) is 9.09. The summed E-state index contributed by atoms with van der Waals surface area (Å²) in [7, 11) is 0. The van der Waals surface area contributed by atoms with Crippen LogP contribution in [0.5, 0.6) is 0 Å². The van der Waals surface area contributed by atoms with Gasteiger partial charge in [-0.3, -0.25) is 9.59 Å². The molecule has 0 bridgehead atoms. The second-order valence-corrected chi connectivity index (χ2v) is 10.6. The maximum Gasteiger partial charge on any atom is 0.419 e. The Hall–Kier alpha value is -3.01. The Labute approximate surface area is 222 Å². The second kappa shape index (κ2) is 11.6. The number of carbonyl (C=O) groups excluding carboxylic acids is 2. The van der Waals surface area contributed by atoms with Crippen LogP contribution in [0, 0.1) is 0 Å². The molecule has 2 aromatic heterocycles. The van der Waals surface area contributed by atoms with E-state index in [1.807, 2.05) is 5.32 Å². The van der Waals surface area contributed by atoms with Crippen LogP contribution >= 0.6 is 11.3 Å². The number of likely N-dealkylation sites (tertiary alicyclic amines) is 1. The first-order valence-corrected chi connectivity index (χ1v) is 12.6. The van der Waals surface area contributed by atoms with Crippen molar-refractivity contribution in [2.75, 3.05) is 31.5 Å². The standard InChI is InChI=1S/C23H26F7N5O3S/c1-21(2,38)11-33-18(36)19-34-15(20(37)35-7-3-13(24)4-8-35)16(39-19)12-9-14(23(28,29)30)17(32-10-12)31-6-5-22(25,26)27/h9-10,13,38H,3-8,11H2,1-2H3,(H,31,32)(H,33,36). The predicted molar refractivity (Wildman–Crippen MR) is 128 cm³/mol. The number of nitrogens with one attached hydrogen (secondary N) is 2. The molecule has 0 atom stereocenters. The summed E-state index contributed by atoms with van der Waals surface area (Å²) in [6.45, 7) is 1.89. The average molecular weight is 586 g/mol. The SMILES string of the molecule is CC(C)(O)CNC(=O)c1nc(C(=O)N2CCC(F)CC2)c(-c2cnc(NCCC(F)(F)F)c(C(F)(F)F)c2)s1. The lowest BCUT2D eigenvalue weighted by molar-refractivity contribution is -0.137. The molecule has 2 amide bonds. The van der Waals surface area contributed by atoms with Crippen LogP contribution in [0.25, 0.3) is 10.4 Å². The van der Waals surface area contributed by atoms with Gasteiger partial charge in [0.1, 0.15) is 17.7 Å². The quantitative estimate of drug-likeness (QED) is 0.389. The van der Waals surface area contributed by atoms with Crippen molar-refractivity contribution in [3.8, 4) is 10.4 Å². The lowest BCUT2D eigenvalue weighted by Gasteiger charge is -2.28. The Morgan fingerprint density at radius 2 is 1.79 bits per heavy atom. The molecule has 1 aliphatic heterocycles. The minimum Gasteiger partial charge on any atom is -0.389 e. The molecule has 0 unspecified atom stereocenters. The molecule has 3 heterocycles. The second-order valence-electron chi connectivity index (χ2n) is 9.57. The zero-order chi connectivity index (χ0) is 29.2. The minimum atomic E-state index is -5.02. The van der Waals surface area contributed by atoms with E-state index in [0.29, 0.717) is 17.4 Å². The van der Waals surface area contributed by atoms with Gasteiger partial charge in [-0.25, -0.2) is 14.4 Å². The van der Waals surface area contributed by atoms with Crippen LogP contribution in [0.2, 0.25) is 0 Å². The van der Waals surface area contributed by atoms with E-state index in [1.165, 1.54) is 18.7 Å². The average Bonchev–Trinajstić information content (AvgIpc) is 3.26. The van der Waals surface area contributed by atoms with E-state index < -0.39 is 60.3 Å². The van der Waals surface area contributed by atoms with Crippen LogP contribution in [0.4, 0.5) is 36.6 Å². The number of thiazole rings is 1. The summed E-state index contributed by atoms with van der Waals surface area (Å²) in [5.41, 5.74) is -3.25. The molecule has 16 heteroatoms. The van der Waals surface area contributed by atoms with Gasteiger partial charge in [0.25, 0.3) is 11.8 Å². The van der Waals surface area contributed by atoms with Crippen LogP contribution in [0.15, 0.2) is 12.3 Å². The molecule has 3 N–H and O–H groups in total. The Morgan fingerprint density at radius 1 is 1.15 bits per heavy atom. The number of rotatable bonds is 8. The Balaban J connectivity index is 2.02. The van der Waals surface area contributed by atoms with E-state index in [0.717, 1.165) is 6.20 Å². The van der Waals surface area contributed by atoms with Crippen molar-refractivity contribution in [1.82, 2.24) is 20.2 Å². The normalized spacial score (nSPS) is 15.4. The molecule has 3 rings (SSSR count). The number of anilines is 1. The summed E-state index contributed by atoms with van der Waals surface area (Å²) in [6, 6.07) is 0.611. The zero-order valence-corrected chi connectivity index (χ0v) is 21.7. The summed E-state index contributed by atoms with van der Waals surface area (Å²) in [5, 5.41) is 14.0. The number of halogens is 7. The topological polar surface area (TPSA) is 107 Å². The largest absolute Gasteiger partial charge is 0.419 e. The summed E-state index contributed by atoms with van der Waals surface area (Å²) in [4.78, 5) is 34.8. The third kappa shape index (κ3) is 8.49. The number of aliphatic hydroxyl groups is 1. The molecule has 2 aromatic rings. The highest BCUT2D eigenvalue weighted by molar-refractivity contribution is 7.17. The van der Waals surface area contributed by atoms with Gasteiger partial charge < -0.3 is 20.6 Å². The number of aromatic nitrogens is 2. The first kappa shape index (κ1) is 30.5. The van der Waals surface area contributed by atoms with Gasteiger partial charge >= 0.3 is 12.4 Å². The summed E-state index contributed by atoms with van der Waals surface area (Å²) in [5.74, 6) is -2.35. The number of nitrogens with zero attached hydrogens (tertiary/aromatic N) is 3. The number of hydrogen-bond donors (Lipinski definition) is 3. The van der Waals surface area contributed by atoms with E-state index in [1.54, 1.807) is 0 Å². The number of piperidine rings is 1. The third-order valence-corrected chi connectivity index (χ3v) is 6.68. The first-order valence-electron chi connectivity index (χ1n) is 11.8. The highest BCUT2D eigenvalue weighted by atomic mass is 32.1. The smallest absolute Gasteiger partial charge is 0.389 e. The highest BCUT2D eigenvalue weighted by Gasteiger charge is 2.37. The van der Waals surface area contributed by atoms with Crippen molar-refractivity contribution < 1.29 is 45.4 Å².